The van der Waals surface area contributed by atoms with E-state index in [-0.39, 0.29) is 17.4 Å². The number of carbonyl (C=O) groups excluding carboxylic acids is 1. The molecule has 3 N–H and O–H groups in total. The molecule has 0 bridgehead atoms. The van der Waals surface area contributed by atoms with Crippen LogP contribution in [0.5, 0.6) is 0 Å². The van der Waals surface area contributed by atoms with Gasteiger partial charge in [0, 0.05) is 0 Å². The highest BCUT2D eigenvalue weighted by Crippen LogP contribution is 2.14. The predicted octanol–water partition coefficient (Wildman–Crippen LogP) is 3.20. The average Bonchev–Trinajstić information content (AvgIpc) is 2.57. The van der Waals surface area contributed by atoms with Gasteiger partial charge in [0.15, 0.2) is 0 Å². The van der Waals surface area contributed by atoms with Gasteiger partial charge in [0.05, 0.1) is 0 Å². The highest BCUT2D eigenvalue weighted by Gasteiger charge is 2.27. The monoisotopic (exact) mass is 335 g/mol. The van der Waals surface area contributed by atoms with E-state index in [2.05, 4.69) is 23.1 Å². The third-order valence-corrected chi connectivity index (χ3v) is 5.14. The van der Waals surface area contributed by atoms with E-state index in [0.29, 0.717) is 6.42 Å². The molecule has 0 saturated carbocycles. The van der Waals surface area contributed by atoms with Crippen molar-refractivity contribution >= 4 is 17.7 Å². The van der Waals surface area contributed by atoms with Gasteiger partial charge >= 0.3 is 0 Å². The van der Waals surface area contributed by atoms with Crippen molar-refractivity contribution in [1.82, 2.24) is 16.2 Å². The second-order valence-corrected chi connectivity index (χ2v) is 7.27. The molecule has 4 nitrogen and oxygen atoms in total. The first-order chi connectivity index (χ1) is 11.3. The van der Waals surface area contributed by atoms with Crippen LogP contribution in [0, 0.1) is 0 Å². The van der Waals surface area contributed by atoms with Crippen LogP contribution in [0.2, 0.25) is 0 Å². The second-order valence-electron chi connectivity index (χ2n) is 6.06. The van der Waals surface area contributed by atoms with E-state index < -0.39 is 0 Å². The molecule has 1 fully saturated rings. The van der Waals surface area contributed by atoms with Gasteiger partial charge in [0.1, 0.15) is 11.5 Å². The number of nitrogens with one attached hydrogen (secondary N) is 3. The maximum Gasteiger partial charge on any atom is 0.240 e. The zero-order valence-electron chi connectivity index (χ0n) is 14.0. The molecule has 0 aromatic heterocycles. The van der Waals surface area contributed by atoms with E-state index in [1.54, 1.807) is 11.8 Å². The van der Waals surface area contributed by atoms with Crippen LogP contribution < -0.4 is 16.2 Å². The summed E-state index contributed by atoms with van der Waals surface area (Å²) in [6.07, 6.45) is 8.53. The van der Waals surface area contributed by atoms with Gasteiger partial charge in [0.2, 0.25) is 5.91 Å². The van der Waals surface area contributed by atoms with Crippen molar-refractivity contribution in [2.24, 2.45) is 0 Å². The Kier molecular flexibility index (Phi) is 8.50. The molecule has 2 atom stereocenters. The standard InChI is InChI=1S/C18H29N3OS/c1-2-3-4-5-6-10-13-23-18-19-17(22)16(20-21-18)14-15-11-8-7-9-12-15/h7-9,11-12,16,18,20-21H,2-6,10,13-14H2,1H3,(H,19,22). The summed E-state index contributed by atoms with van der Waals surface area (Å²) >= 11 is 1.77. The van der Waals surface area contributed by atoms with Crippen LogP contribution in [0.3, 0.4) is 0 Å². The van der Waals surface area contributed by atoms with E-state index in [1.165, 1.54) is 44.1 Å². The molecule has 0 aliphatic carbocycles. The van der Waals surface area contributed by atoms with Crippen molar-refractivity contribution in [2.75, 3.05) is 5.75 Å². The number of unbranched alkanes of at least 4 members (excludes halogenated alkanes) is 5. The number of benzene rings is 1. The number of thioether (sulfide) groups is 1. The Morgan fingerprint density at radius 3 is 2.48 bits per heavy atom. The summed E-state index contributed by atoms with van der Waals surface area (Å²) in [5.41, 5.74) is 7.51. The number of hydrogen-bond acceptors (Lipinski definition) is 4. The molecule has 5 heteroatoms. The Morgan fingerprint density at radius 2 is 1.74 bits per heavy atom. The average molecular weight is 336 g/mol. The molecule has 1 aliphatic heterocycles. The van der Waals surface area contributed by atoms with Gasteiger partial charge in [-0.25, -0.2) is 10.9 Å². The van der Waals surface area contributed by atoms with E-state index in [1.807, 2.05) is 30.3 Å². The first-order valence-electron chi connectivity index (χ1n) is 8.76. The fourth-order valence-corrected chi connectivity index (χ4v) is 3.63. The molecule has 2 rings (SSSR count). The molecule has 0 radical (unpaired) electrons. The Labute approximate surface area is 144 Å². The van der Waals surface area contributed by atoms with Crippen LogP contribution in [0.25, 0.3) is 0 Å². The molecule has 2 unspecified atom stereocenters. The number of rotatable bonds is 10. The maximum absolute atomic E-state index is 12.2. The Morgan fingerprint density at radius 1 is 1.00 bits per heavy atom. The molecule has 0 spiro atoms. The number of amides is 1. The first kappa shape index (κ1) is 18.3. The summed E-state index contributed by atoms with van der Waals surface area (Å²) in [5.74, 6) is 1.16. The van der Waals surface area contributed by atoms with Crippen molar-refractivity contribution in [1.29, 1.82) is 0 Å². The molecule has 1 heterocycles. The fraction of sp³-hybridized carbons (Fsp3) is 0.611. The Hall–Kier alpha value is -1.04. The van der Waals surface area contributed by atoms with Crippen molar-refractivity contribution < 1.29 is 4.79 Å². The van der Waals surface area contributed by atoms with Crippen LogP contribution in [-0.2, 0) is 11.2 Å². The van der Waals surface area contributed by atoms with Gasteiger partial charge in [-0.15, -0.1) is 11.8 Å². The lowest BCUT2D eigenvalue weighted by molar-refractivity contribution is -0.125. The first-order valence-corrected chi connectivity index (χ1v) is 9.81. The topological polar surface area (TPSA) is 53.2 Å². The molecule has 23 heavy (non-hydrogen) atoms. The van der Waals surface area contributed by atoms with Crippen molar-refractivity contribution in [2.45, 2.75) is 63.4 Å². The summed E-state index contributed by atoms with van der Waals surface area (Å²) < 4.78 is 0. The lowest BCUT2D eigenvalue weighted by atomic mass is 10.1. The zero-order valence-corrected chi connectivity index (χ0v) is 14.8. The van der Waals surface area contributed by atoms with Crippen molar-refractivity contribution in [3.8, 4) is 0 Å². The van der Waals surface area contributed by atoms with Crippen LogP contribution in [0.15, 0.2) is 30.3 Å². The lowest BCUT2D eigenvalue weighted by Crippen LogP contribution is -2.64. The van der Waals surface area contributed by atoms with Crippen LogP contribution in [-0.4, -0.2) is 23.2 Å². The largest absolute Gasteiger partial charge is 0.329 e. The summed E-state index contributed by atoms with van der Waals surface area (Å²) in [6.45, 7) is 2.24. The van der Waals surface area contributed by atoms with Gasteiger partial charge in [-0.05, 0) is 24.2 Å². The van der Waals surface area contributed by atoms with Gasteiger partial charge in [-0.3, -0.25) is 4.79 Å². The minimum Gasteiger partial charge on any atom is -0.329 e. The quantitative estimate of drug-likeness (QED) is 0.575. The summed E-state index contributed by atoms with van der Waals surface area (Å²) in [6, 6.07) is 9.89. The summed E-state index contributed by atoms with van der Waals surface area (Å²) in [5, 5.41) is 3.05. The van der Waals surface area contributed by atoms with Gasteiger partial charge in [-0.2, -0.15) is 0 Å². The number of hydrazine groups is 1. The van der Waals surface area contributed by atoms with Crippen LogP contribution in [0.4, 0.5) is 0 Å². The molecule has 1 saturated heterocycles. The zero-order chi connectivity index (χ0) is 16.3. The summed E-state index contributed by atoms with van der Waals surface area (Å²) in [7, 11) is 0. The van der Waals surface area contributed by atoms with Crippen LogP contribution in [0.1, 0.15) is 51.0 Å². The third kappa shape index (κ3) is 6.94. The molecule has 128 valence electrons. The molecule has 1 aromatic carbocycles. The van der Waals surface area contributed by atoms with E-state index in [9.17, 15) is 4.79 Å². The number of hydrogen-bond donors (Lipinski definition) is 3. The van der Waals surface area contributed by atoms with E-state index in [0.717, 1.165) is 5.75 Å². The minimum absolute atomic E-state index is 0.0230. The van der Waals surface area contributed by atoms with Gasteiger partial charge in [-0.1, -0.05) is 69.4 Å². The molecular formula is C18H29N3OS. The molecule has 1 aliphatic rings. The van der Waals surface area contributed by atoms with Gasteiger partial charge < -0.3 is 5.32 Å². The minimum atomic E-state index is -0.205. The molecule has 1 aromatic rings. The Balaban J connectivity index is 1.59. The maximum atomic E-state index is 12.2. The number of carbonyl (C=O) groups is 1. The normalized spacial score (nSPS) is 21.2. The van der Waals surface area contributed by atoms with E-state index >= 15 is 0 Å². The highest BCUT2D eigenvalue weighted by atomic mass is 32.2. The lowest BCUT2D eigenvalue weighted by Gasteiger charge is -2.31. The van der Waals surface area contributed by atoms with Crippen molar-refractivity contribution in [3.05, 3.63) is 35.9 Å². The molecular weight excluding hydrogens is 306 g/mol. The second kappa shape index (κ2) is 10.7. The van der Waals surface area contributed by atoms with Gasteiger partial charge in [0.25, 0.3) is 0 Å². The third-order valence-electron chi connectivity index (χ3n) is 4.04. The Bertz CT molecular complexity index is 455. The fourth-order valence-electron chi connectivity index (χ4n) is 2.67. The van der Waals surface area contributed by atoms with Crippen LogP contribution >= 0.6 is 11.8 Å². The SMILES string of the molecule is CCCCCCCCSC1NNC(Cc2ccccc2)C(=O)N1. The smallest absolute Gasteiger partial charge is 0.240 e. The van der Waals surface area contributed by atoms with Crippen molar-refractivity contribution in [3.63, 3.8) is 0 Å². The van der Waals surface area contributed by atoms with E-state index in [4.69, 9.17) is 0 Å². The highest BCUT2D eigenvalue weighted by molar-refractivity contribution is 7.99. The predicted molar refractivity (Wildman–Crippen MR) is 98.0 cm³/mol. The summed E-state index contributed by atoms with van der Waals surface area (Å²) in [4.78, 5) is 12.2. The molecule has 1 amide bonds.